The van der Waals surface area contributed by atoms with Gasteiger partial charge in [-0.25, -0.2) is 4.98 Å². The van der Waals surface area contributed by atoms with E-state index in [9.17, 15) is 9.90 Å². The Labute approximate surface area is 166 Å². The quantitative estimate of drug-likeness (QED) is 0.501. The maximum absolute atomic E-state index is 12.1. The van der Waals surface area contributed by atoms with Gasteiger partial charge in [0.2, 0.25) is 11.8 Å². The van der Waals surface area contributed by atoms with Gasteiger partial charge in [-0.05, 0) is 24.3 Å². The number of hydrogen-bond acceptors (Lipinski definition) is 6. The van der Waals surface area contributed by atoms with E-state index in [2.05, 4.69) is 15.3 Å². The third kappa shape index (κ3) is 3.91. The highest BCUT2D eigenvalue weighted by Gasteiger charge is 2.16. The van der Waals surface area contributed by atoms with Crippen LogP contribution in [0.15, 0.2) is 59.7 Å². The Morgan fingerprint density at radius 1 is 1.34 bits per heavy atom. The highest BCUT2D eigenvalue weighted by molar-refractivity contribution is 5.93. The zero-order valence-electron chi connectivity index (χ0n) is 15.8. The second-order valence-electron chi connectivity index (χ2n) is 6.50. The Hall–Kier alpha value is -3.81. The van der Waals surface area contributed by atoms with Gasteiger partial charge >= 0.3 is 0 Å². The third-order valence-electron chi connectivity index (χ3n) is 4.63. The van der Waals surface area contributed by atoms with Gasteiger partial charge in [0.05, 0.1) is 29.8 Å². The Morgan fingerprint density at radius 2 is 2.24 bits per heavy atom. The van der Waals surface area contributed by atoms with Gasteiger partial charge in [-0.15, -0.1) is 0 Å². The van der Waals surface area contributed by atoms with Crippen LogP contribution in [-0.2, 0) is 19.5 Å². The molecule has 148 valence electrons. The molecule has 0 radical (unpaired) electrons. The summed E-state index contributed by atoms with van der Waals surface area (Å²) in [6, 6.07) is 9.12. The molecule has 0 aromatic carbocycles. The number of hydrogen-bond donors (Lipinski definition) is 2. The van der Waals surface area contributed by atoms with Gasteiger partial charge in [0, 0.05) is 43.2 Å². The van der Waals surface area contributed by atoms with Crippen LogP contribution in [0.4, 0.5) is 0 Å². The first kappa shape index (κ1) is 18.5. The molecule has 0 aliphatic heterocycles. The van der Waals surface area contributed by atoms with E-state index in [-0.39, 0.29) is 18.3 Å². The maximum Gasteiger partial charge on any atom is 0.254 e. The lowest BCUT2D eigenvalue weighted by Crippen LogP contribution is -2.22. The number of aryl methyl sites for hydroxylation is 2. The van der Waals surface area contributed by atoms with Gasteiger partial charge in [-0.2, -0.15) is 0 Å². The average molecular weight is 392 g/mol. The number of rotatable bonds is 7. The van der Waals surface area contributed by atoms with Gasteiger partial charge in [0.1, 0.15) is 6.26 Å². The number of aromatic hydroxyl groups is 1. The fourth-order valence-corrected chi connectivity index (χ4v) is 3.12. The van der Waals surface area contributed by atoms with Crippen molar-refractivity contribution in [2.24, 2.45) is 0 Å². The number of pyridine rings is 2. The molecule has 0 saturated heterocycles. The SMILES string of the molecule is COc1nc2cn(CCc3ccccn3)c(O)c2cc1CNC(=O)c1ccoc1. The van der Waals surface area contributed by atoms with Crippen LogP contribution < -0.4 is 10.1 Å². The van der Waals surface area contributed by atoms with Crippen molar-refractivity contribution in [1.82, 2.24) is 19.9 Å². The van der Waals surface area contributed by atoms with E-state index < -0.39 is 0 Å². The molecule has 8 heteroatoms. The van der Waals surface area contributed by atoms with Gasteiger partial charge in [-0.1, -0.05) is 6.07 Å². The largest absolute Gasteiger partial charge is 0.494 e. The minimum absolute atomic E-state index is 0.119. The van der Waals surface area contributed by atoms with E-state index in [4.69, 9.17) is 9.15 Å². The number of amides is 1. The molecule has 4 heterocycles. The molecule has 2 N–H and O–H groups in total. The fraction of sp³-hybridized carbons (Fsp3) is 0.190. The van der Waals surface area contributed by atoms with Crippen LogP contribution in [0.1, 0.15) is 21.6 Å². The normalized spacial score (nSPS) is 10.9. The summed E-state index contributed by atoms with van der Waals surface area (Å²) in [5.74, 6) is 0.249. The number of nitrogens with one attached hydrogen (secondary N) is 1. The Bertz CT molecular complexity index is 1120. The number of carbonyl (C=O) groups is 1. The summed E-state index contributed by atoms with van der Waals surface area (Å²) in [5, 5.41) is 14.0. The standard InChI is InChI=1S/C21H20N4O4/c1-28-20-15(11-23-19(26)14-6-9-29-13-14)10-17-18(24-20)12-25(21(17)27)8-5-16-4-2-3-7-22-16/h2-4,6-7,9-10,12-13,27H,5,8,11H2,1H3,(H,23,26). The number of methoxy groups -OCH3 is 1. The van der Waals surface area contributed by atoms with Crippen molar-refractivity contribution in [3.8, 4) is 11.8 Å². The molecule has 0 atom stereocenters. The molecule has 4 aromatic rings. The summed E-state index contributed by atoms with van der Waals surface area (Å²) in [5.41, 5.74) is 2.65. The minimum Gasteiger partial charge on any atom is -0.494 e. The lowest BCUT2D eigenvalue weighted by atomic mass is 10.2. The van der Waals surface area contributed by atoms with E-state index >= 15 is 0 Å². The fourth-order valence-electron chi connectivity index (χ4n) is 3.12. The van der Waals surface area contributed by atoms with Gasteiger partial charge in [-0.3, -0.25) is 9.78 Å². The van der Waals surface area contributed by atoms with Crippen molar-refractivity contribution >= 4 is 16.8 Å². The molecule has 0 unspecified atom stereocenters. The zero-order chi connectivity index (χ0) is 20.2. The average Bonchev–Trinajstić information content (AvgIpc) is 3.39. The van der Waals surface area contributed by atoms with Gasteiger partial charge < -0.3 is 24.1 Å². The smallest absolute Gasteiger partial charge is 0.254 e. The van der Waals surface area contributed by atoms with Crippen molar-refractivity contribution in [3.05, 3.63) is 72.1 Å². The molecule has 0 saturated carbocycles. The summed E-state index contributed by atoms with van der Waals surface area (Å²) >= 11 is 0. The van der Waals surface area contributed by atoms with E-state index in [1.807, 2.05) is 18.2 Å². The van der Waals surface area contributed by atoms with Gasteiger partial charge in [0.15, 0.2) is 0 Å². The molecule has 29 heavy (non-hydrogen) atoms. The van der Waals surface area contributed by atoms with Crippen LogP contribution in [0.5, 0.6) is 11.8 Å². The molecule has 0 aliphatic carbocycles. The number of aromatic nitrogens is 3. The molecule has 0 bridgehead atoms. The Balaban J connectivity index is 1.55. The number of carbonyl (C=O) groups excluding carboxylic acids is 1. The molecule has 0 spiro atoms. The first-order valence-electron chi connectivity index (χ1n) is 9.11. The highest BCUT2D eigenvalue weighted by Crippen LogP contribution is 2.30. The van der Waals surface area contributed by atoms with Crippen LogP contribution >= 0.6 is 0 Å². The van der Waals surface area contributed by atoms with E-state index in [1.54, 1.807) is 29.1 Å². The number of fused-ring (bicyclic) bond motifs is 1. The molecular weight excluding hydrogens is 372 g/mol. The summed E-state index contributed by atoms with van der Waals surface area (Å²) in [4.78, 5) is 20.9. The van der Waals surface area contributed by atoms with Gasteiger partial charge in [0.25, 0.3) is 5.91 Å². The van der Waals surface area contributed by atoms with Crippen LogP contribution in [-0.4, -0.2) is 32.7 Å². The Morgan fingerprint density at radius 3 is 2.97 bits per heavy atom. The van der Waals surface area contributed by atoms with Crippen molar-refractivity contribution in [3.63, 3.8) is 0 Å². The summed E-state index contributed by atoms with van der Waals surface area (Å²) < 4.78 is 12.0. The summed E-state index contributed by atoms with van der Waals surface area (Å²) in [7, 11) is 1.52. The molecule has 0 aliphatic rings. The molecular formula is C21H20N4O4. The van der Waals surface area contributed by atoms with Crippen LogP contribution in [0.3, 0.4) is 0 Å². The first-order chi connectivity index (χ1) is 14.2. The molecule has 0 fully saturated rings. The van der Waals surface area contributed by atoms with Crippen LogP contribution in [0.25, 0.3) is 10.9 Å². The first-order valence-corrected chi connectivity index (χ1v) is 9.11. The second-order valence-corrected chi connectivity index (χ2v) is 6.50. The van der Waals surface area contributed by atoms with Crippen molar-refractivity contribution in [2.75, 3.05) is 7.11 Å². The highest BCUT2D eigenvalue weighted by atomic mass is 16.5. The topological polar surface area (TPSA) is 102 Å². The van der Waals surface area contributed by atoms with Crippen molar-refractivity contribution < 1.29 is 19.1 Å². The molecule has 8 nitrogen and oxygen atoms in total. The minimum atomic E-state index is -0.266. The van der Waals surface area contributed by atoms with Crippen molar-refractivity contribution in [2.45, 2.75) is 19.5 Å². The maximum atomic E-state index is 12.1. The zero-order valence-corrected chi connectivity index (χ0v) is 15.8. The number of furan rings is 1. The van der Waals surface area contributed by atoms with Crippen LogP contribution in [0.2, 0.25) is 0 Å². The summed E-state index contributed by atoms with van der Waals surface area (Å²) in [6.45, 7) is 0.767. The molecule has 4 aromatic heterocycles. The predicted octanol–water partition coefficient (Wildman–Crippen LogP) is 2.91. The van der Waals surface area contributed by atoms with Crippen molar-refractivity contribution in [1.29, 1.82) is 0 Å². The van der Waals surface area contributed by atoms with E-state index in [0.29, 0.717) is 40.9 Å². The molecule has 1 amide bonds. The number of ether oxygens (including phenoxy) is 1. The monoisotopic (exact) mass is 392 g/mol. The second kappa shape index (κ2) is 8.05. The van der Waals surface area contributed by atoms with Crippen LogP contribution in [0, 0.1) is 0 Å². The third-order valence-corrected chi connectivity index (χ3v) is 4.63. The Kier molecular flexibility index (Phi) is 5.15. The molecule has 4 rings (SSSR count). The summed E-state index contributed by atoms with van der Waals surface area (Å²) in [6.07, 6.45) is 7.03. The lowest BCUT2D eigenvalue weighted by Gasteiger charge is -2.09. The van der Waals surface area contributed by atoms with E-state index in [0.717, 1.165) is 5.69 Å². The predicted molar refractivity (Wildman–Crippen MR) is 106 cm³/mol. The van der Waals surface area contributed by atoms with E-state index in [1.165, 1.54) is 19.6 Å². The lowest BCUT2D eigenvalue weighted by molar-refractivity contribution is 0.0950. The number of nitrogens with zero attached hydrogens (tertiary/aromatic N) is 3.